The molecule has 1 heterocycles. The molecule has 8 heteroatoms. The molecule has 0 aliphatic heterocycles. The van der Waals surface area contributed by atoms with E-state index < -0.39 is 18.1 Å². The molecule has 0 aliphatic carbocycles. The van der Waals surface area contributed by atoms with Gasteiger partial charge in [0.2, 0.25) is 0 Å². The fourth-order valence-electron chi connectivity index (χ4n) is 2.34. The zero-order chi connectivity index (χ0) is 19.1. The number of nitrogens with one attached hydrogen (secondary N) is 1. The lowest BCUT2D eigenvalue weighted by Crippen LogP contribution is -2.15. The predicted molar refractivity (Wildman–Crippen MR) is 90.0 cm³/mol. The highest BCUT2D eigenvalue weighted by Gasteiger charge is 2.30. The summed E-state index contributed by atoms with van der Waals surface area (Å²) in [7, 11) is 0. The summed E-state index contributed by atoms with van der Waals surface area (Å²) < 4.78 is 14.1. The molecule has 0 saturated heterocycles. The van der Waals surface area contributed by atoms with Crippen LogP contribution in [0.1, 0.15) is 45.2 Å². The van der Waals surface area contributed by atoms with Crippen LogP contribution in [0, 0.1) is 0 Å². The fraction of sp³-hybridized carbons (Fsp3) is 0.222. The van der Waals surface area contributed by atoms with E-state index in [4.69, 9.17) is 4.74 Å². The monoisotopic (exact) mass is 359 g/mol. The first-order valence-electron chi connectivity index (χ1n) is 7.86. The zero-order valence-corrected chi connectivity index (χ0v) is 14.2. The van der Waals surface area contributed by atoms with Crippen molar-refractivity contribution in [2.75, 3.05) is 13.2 Å². The van der Waals surface area contributed by atoms with Gasteiger partial charge in [0.05, 0.1) is 24.5 Å². The van der Waals surface area contributed by atoms with Crippen LogP contribution in [0.2, 0.25) is 0 Å². The largest absolute Gasteiger partial charge is 0.516 e. The van der Waals surface area contributed by atoms with Crippen molar-refractivity contribution >= 4 is 24.4 Å². The van der Waals surface area contributed by atoms with Gasteiger partial charge in [0.1, 0.15) is 5.69 Å². The Bertz CT molecular complexity index is 824. The predicted octanol–water partition coefficient (Wildman–Crippen LogP) is 2.98. The maximum atomic E-state index is 12.4. The number of hydrogen-bond acceptors (Lipinski definition) is 7. The molecule has 8 nitrogen and oxygen atoms in total. The summed E-state index contributed by atoms with van der Waals surface area (Å²) in [4.78, 5) is 50.1. The minimum absolute atomic E-state index is 0.0239. The molecule has 0 unspecified atom stereocenters. The Morgan fingerprint density at radius 1 is 1.00 bits per heavy atom. The SMILES string of the molecule is CCOC(=O)OC(=O)c1[nH]c(C=O)c(C(=O)OCC)c1-c1ccccc1. The van der Waals surface area contributed by atoms with Crippen molar-refractivity contribution < 1.29 is 33.4 Å². The summed E-state index contributed by atoms with van der Waals surface area (Å²) in [6, 6.07) is 8.41. The molecule has 2 aromatic rings. The Labute approximate surface area is 149 Å². The van der Waals surface area contributed by atoms with Gasteiger partial charge in [-0.3, -0.25) is 4.79 Å². The first-order chi connectivity index (χ1) is 12.5. The lowest BCUT2D eigenvalue weighted by molar-refractivity contribution is 0.0397. The lowest BCUT2D eigenvalue weighted by Gasteiger charge is -2.07. The molecular formula is C18H17NO7. The number of aromatic amines is 1. The molecule has 1 N–H and O–H groups in total. The van der Waals surface area contributed by atoms with E-state index in [1.807, 2.05) is 0 Å². The summed E-state index contributed by atoms with van der Waals surface area (Å²) >= 11 is 0. The molecule has 0 fully saturated rings. The smallest absolute Gasteiger partial charge is 0.462 e. The Hall–Kier alpha value is -3.42. The number of hydrogen-bond donors (Lipinski definition) is 1. The van der Waals surface area contributed by atoms with Crippen molar-refractivity contribution in [1.82, 2.24) is 4.98 Å². The molecule has 0 saturated carbocycles. The molecule has 26 heavy (non-hydrogen) atoms. The van der Waals surface area contributed by atoms with Crippen molar-refractivity contribution in [2.24, 2.45) is 0 Å². The van der Waals surface area contributed by atoms with E-state index in [1.54, 1.807) is 44.2 Å². The van der Waals surface area contributed by atoms with Gasteiger partial charge in [0.25, 0.3) is 0 Å². The summed E-state index contributed by atoms with van der Waals surface area (Å²) in [6.07, 6.45) is -0.795. The van der Waals surface area contributed by atoms with Gasteiger partial charge >= 0.3 is 18.1 Å². The average molecular weight is 359 g/mol. The average Bonchev–Trinajstić information content (AvgIpc) is 3.02. The Morgan fingerprint density at radius 2 is 1.65 bits per heavy atom. The topological polar surface area (TPSA) is 112 Å². The van der Waals surface area contributed by atoms with Gasteiger partial charge in [-0.25, -0.2) is 14.4 Å². The van der Waals surface area contributed by atoms with Crippen LogP contribution in [-0.2, 0) is 14.2 Å². The fourth-order valence-corrected chi connectivity index (χ4v) is 2.34. The second-order valence-electron chi connectivity index (χ2n) is 4.94. The quantitative estimate of drug-likeness (QED) is 0.479. The van der Waals surface area contributed by atoms with Gasteiger partial charge in [-0.05, 0) is 19.4 Å². The molecule has 0 amide bonds. The number of rotatable bonds is 6. The molecule has 2 rings (SSSR count). The summed E-state index contributed by atoms with van der Waals surface area (Å²) in [5.41, 5.74) is 0.0903. The van der Waals surface area contributed by atoms with Crippen molar-refractivity contribution in [3.63, 3.8) is 0 Å². The van der Waals surface area contributed by atoms with Crippen LogP contribution in [-0.4, -0.2) is 42.6 Å². The normalized spacial score (nSPS) is 10.1. The van der Waals surface area contributed by atoms with Crippen LogP contribution in [0.15, 0.2) is 30.3 Å². The number of benzene rings is 1. The second kappa shape index (κ2) is 8.61. The van der Waals surface area contributed by atoms with Gasteiger partial charge in [-0.15, -0.1) is 0 Å². The highest BCUT2D eigenvalue weighted by atomic mass is 16.7. The molecule has 136 valence electrons. The van der Waals surface area contributed by atoms with Crippen LogP contribution in [0.5, 0.6) is 0 Å². The number of H-pyrrole nitrogens is 1. The number of ether oxygens (including phenoxy) is 3. The number of esters is 2. The van der Waals surface area contributed by atoms with Gasteiger partial charge in [-0.1, -0.05) is 30.3 Å². The highest BCUT2D eigenvalue weighted by molar-refractivity contribution is 6.11. The molecule has 0 bridgehead atoms. The van der Waals surface area contributed by atoms with Crippen molar-refractivity contribution in [3.05, 3.63) is 47.3 Å². The van der Waals surface area contributed by atoms with Gasteiger partial charge in [-0.2, -0.15) is 0 Å². The molecule has 0 radical (unpaired) electrons. The highest BCUT2D eigenvalue weighted by Crippen LogP contribution is 2.31. The maximum absolute atomic E-state index is 12.4. The standard InChI is InChI=1S/C18H17NO7/c1-3-24-16(21)14-12(10-20)19-15(17(22)26-18(23)25-4-2)13(14)11-8-6-5-7-9-11/h5-10,19H,3-4H2,1-2H3. The zero-order valence-electron chi connectivity index (χ0n) is 14.2. The van der Waals surface area contributed by atoms with Gasteiger partial charge < -0.3 is 19.2 Å². The second-order valence-corrected chi connectivity index (χ2v) is 4.94. The maximum Gasteiger partial charge on any atom is 0.516 e. The first kappa shape index (κ1) is 18.9. The van der Waals surface area contributed by atoms with Crippen molar-refractivity contribution in [2.45, 2.75) is 13.8 Å². The first-order valence-corrected chi connectivity index (χ1v) is 7.86. The van der Waals surface area contributed by atoms with E-state index in [-0.39, 0.29) is 35.7 Å². The molecule has 0 spiro atoms. The van der Waals surface area contributed by atoms with E-state index in [0.29, 0.717) is 11.8 Å². The van der Waals surface area contributed by atoms with Gasteiger partial charge in [0, 0.05) is 5.56 Å². The van der Waals surface area contributed by atoms with Crippen molar-refractivity contribution in [3.8, 4) is 11.1 Å². The Balaban J connectivity index is 2.60. The van der Waals surface area contributed by atoms with Crippen LogP contribution < -0.4 is 0 Å². The number of carbonyl (C=O) groups excluding carboxylic acids is 4. The number of aromatic nitrogens is 1. The molecule has 0 atom stereocenters. The minimum Gasteiger partial charge on any atom is -0.462 e. The Kier molecular flexibility index (Phi) is 6.26. The van der Waals surface area contributed by atoms with Crippen molar-refractivity contribution in [1.29, 1.82) is 0 Å². The van der Waals surface area contributed by atoms with E-state index in [2.05, 4.69) is 14.5 Å². The minimum atomic E-state index is -1.18. The number of aldehydes is 1. The summed E-state index contributed by atoms with van der Waals surface area (Å²) in [5, 5.41) is 0. The molecule has 1 aromatic heterocycles. The lowest BCUT2D eigenvalue weighted by atomic mass is 10.00. The van der Waals surface area contributed by atoms with Crippen LogP contribution in [0.3, 0.4) is 0 Å². The van der Waals surface area contributed by atoms with E-state index >= 15 is 0 Å². The van der Waals surface area contributed by atoms with E-state index in [1.165, 1.54) is 0 Å². The number of carbonyl (C=O) groups is 4. The van der Waals surface area contributed by atoms with E-state index in [9.17, 15) is 19.2 Å². The molecule has 1 aromatic carbocycles. The van der Waals surface area contributed by atoms with Crippen LogP contribution >= 0.6 is 0 Å². The third-order valence-corrected chi connectivity index (χ3v) is 3.33. The third kappa shape index (κ3) is 3.97. The summed E-state index contributed by atoms with van der Waals surface area (Å²) in [6.45, 7) is 3.28. The third-order valence-electron chi connectivity index (χ3n) is 3.33. The van der Waals surface area contributed by atoms with Crippen LogP contribution in [0.4, 0.5) is 4.79 Å². The summed E-state index contributed by atoms with van der Waals surface area (Å²) in [5.74, 6) is -1.86. The molecular weight excluding hydrogens is 342 g/mol. The van der Waals surface area contributed by atoms with E-state index in [0.717, 1.165) is 0 Å². The van der Waals surface area contributed by atoms with Gasteiger partial charge in [0.15, 0.2) is 6.29 Å². The van der Waals surface area contributed by atoms with Crippen LogP contribution in [0.25, 0.3) is 11.1 Å². The molecule has 0 aliphatic rings. The Morgan fingerprint density at radius 3 is 2.23 bits per heavy atom.